The van der Waals surface area contributed by atoms with E-state index in [1.165, 1.54) is 4.68 Å². The highest BCUT2D eigenvalue weighted by molar-refractivity contribution is 5.73. The first-order valence-corrected chi connectivity index (χ1v) is 5.12. The number of nitrogens with two attached hydrogens (primary N) is 1. The lowest BCUT2D eigenvalue weighted by molar-refractivity contribution is -0.118. The van der Waals surface area contributed by atoms with E-state index >= 15 is 0 Å². The van der Waals surface area contributed by atoms with E-state index in [1.54, 1.807) is 12.4 Å². The van der Waals surface area contributed by atoms with E-state index < -0.39 is 0 Å². The van der Waals surface area contributed by atoms with Gasteiger partial charge >= 0.3 is 0 Å². The highest BCUT2D eigenvalue weighted by atomic mass is 16.1. The quantitative estimate of drug-likeness (QED) is 0.730. The number of amides is 1. The van der Waals surface area contributed by atoms with Crippen LogP contribution >= 0.6 is 0 Å². The number of carbonyl (C=O) groups excluding carboxylic acids is 1. The molecule has 1 rings (SSSR count). The van der Waals surface area contributed by atoms with Crippen molar-refractivity contribution in [3.8, 4) is 0 Å². The molecule has 15 heavy (non-hydrogen) atoms. The van der Waals surface area contributed by atoms with Gasteiger partial charge < -0.3 is 11.1 Å². The van der Waals surface area contributed by atoms with E-state index in [4.69, 9.17) is 5.73 Å². The molecule has 0 unspecified atom stereocenters. The second kappa shape index (κ2) is 5.38. The Hall–Kier alpha value is -1.52. The zero-order chi connectivity index (χ0) is 11.3. The summed E-state index contributed by atoms with van der Waals surface area (Å²) in [5, 5.41) is 7.24. The number of anilines is 1. The maximum atomic E-state index is 10.6. The van der Waals surface area contributed by atoms with Crippen LogP contribution in [-0.4, -0.2) is 22.2 Å². The lowest BCUT2D eigenvalue weighted by atomic mass is 10.1. The van der Waals surface area contributed by atoms with E-state index in [1.807, 2.05) is 0 Å². The molecule has 5 nitrogen and oxygen atoms in total. The first kappa shape index (κ1) is 11.6. The van der Waals surface area contributed by atoms with Crippen molar-refractivity contribution in [1.29, 1.82) is 0 Å². The number of nitrogens with zero attached hydrogens (tertiary/aromatic N) is 2. The molecule has 84 valence electrons. The molecular formula is C10H18N4O. The van der Waals surface area contributed by atoms with Gasteiger partial charge in [-0.3, -0.25) is 9.48 Å². The molecule has 1 amide bonds. The molecule has 0 saturated heterocycles. The fourth-order valence-electron chi connectivity index (χ4n) is 1.21. The van der Waals surface area contributed by atoms with Gasteiger partial charge in [0.1, 0.15) is 6.54 Å². The average Bonchev–Trinajstić information content (AvgIpc) is 2.50. The van der Waals surface area contributed by atoms with E-state index in [0.29, 0.717) is 5.92 Å². The van der Waals surface area contributed by atoms with Crippen LogP contribution in [-0.2, 0) is 11.3 Å². The smallest absolute Gasteiger partial charge is 0.239 e. The molecule has 3 N–H and O–H groups in total. The zero-order valence-electron chi connectivity index (χ0n) is 9.23. The van der Waals surface area contributed by atoms with Gasteiger partial charge in [-0.15, -0.1) is 0 Å². The molecular weight excluding hydrogens is 192 g/mol. The summed E-state index contributed by atoms with van der Waals surface area (Å²) in [5.74, 6) is 0.296. The van der Waals surface area contributed by atoms with E-state index in [9.17, 15) is 4.79 Å². The SMILES string of the molecule is CC(C)CCNc1cnn(CC(N)=O)c1. The van der Waals surface area contributed by atoms with Crippen molar-refractivity contribution < 1.29 is 4.79 Å². The molecule has 0 aliphatic heterocycles. The molecule has 0 bridgehead atoms. The van der Waals surface area contributed by atoms with Crippen molar-refractivity contribution >= 4 is 11.6 Å². The molecule has 0 aliphatic rings. The molecule has 0 atom stereocenters. The Morgan fingerprint density at radius 2 is 2.40 bits per heavy atom. The highest BCUT2D eigenvalue weighted by Gasteiger charge is 2.00. The molecule has 0 saturated carbocycles. The fraction of sp³-hybridized carbons (Fsp3) is 0.600. The van der Waals surface area contributed by atoms with Crippen LogP contribution in [0.5, 0.6) is 0 Å². The van der Waals surface area contributed by atoms with Crippen LogP contribution in [0.2, 0.25) is 0 Å². The Morgan fingerprint density at radius 1 is 1.67 bits per heavy atom. The molecule has 0 radical (unpaired) electrons. The summed E-state index contributed by atoms with van der Waals surface area (Å²) in [4.78, 5) is 10.6. The van der Waals surface area contributed by atoms with E-state index in [0.717, 1.165) is 18.7 Å². The number of rotatable bonds is 6. The van der Waals surface area contributed by atoms with Crippen LogP contribution in [0.3, 0.4) is 0 Å². The summed E-state index contributed by atoms with van der Waals surface area (Å²) in [6, 6.07) is 0. The van der Waals surface area contributed by atoms with Crippen LogP contribution in [0.4, 0.5) is 5.69 Å². The predicted octanol–water partition coefficient (Wildman–Crippen LogP) is 0.826. The minimum atomic E-state index is -0.383. The molecule has 1 heterocycles. The van der Waals surface area contributed by atoms with Crippen molar-refractivity contribution in [3.63, 3.8) is 0 Å². The number of primary amides is 1. The van der Waals surface area contributed by atoms with Crippen LogP contribution in [0.25, 0.3) is 0 Å². The van der Waals surface area contributed by atoms with Crippen molar-refractivity contribution in [2.45, 2.75) is 26.8 Å². The zero-order valence-corrected chi connectivity index (χ0v) is 9.23. The third kappa shape index (κ3) is 4.49. The monoisotopic (exact) mass is 210 g/mol. The Labute approximate surface area is 89.6 Å². The van der Waals surface area contributed by atoms with Crippen LogP contribution < -0.4 is 11.1 Å². The summed E-state index contributed by atoms with van der Waals surface area (Å²) in [7, 11) is 0. The number of aromatic nitrogens is 2. The van der Waals surface area contributed by atoms with Crippen LogP contribution in [0.1, 0.15) is 20.3 Å². The molecule has 0 fully saturated rings. The molecule has 0 spiro atoms. The second-order valence-electron chi connectivity index (χ2n) is 4.00. The van der Waals surface area contributed by atoms with Gasteiger partial charge in [-0.1, -0.05) is 13.8 Å². The topological polar surface area (TPSA) is 72.9 Å². The van der Waals surface area contributed by atoms with Gasteiger partial charge in [-0.25, -0.2) is 0 Å². The molecule has 5 heteroatoms. The summed E-state index contributed by atoms with van der Waals surface area (Å²) < 4.78 is 1.53. The first-order chi connectivity index (χ1) is 7.08. The van der Waals surface area contributed by atoms with Gasteiger partial charge in [0.25, 0.3) is 0 Å². The molecule has 1 aromatic heterocycles. The lowest BCUT2D eigenvalue weighted by Gasteiger charge is -2.05. The molecule has 1 aromatic rings. The summed E-state index contributed by atoms with van der Waals surface area (Å²) >= 11 is 0. The number of hydrogen-bond acceptors (Lipinski definition) is 3. The van der Waals surface area contributed by atoms with Gasteiger partial charge in [0, 0.05) is 12.7 Å². The maximum Gasteiger partial charge on any atom is 0.239 e. The van der Waals surface area contributed by atoms with Crippen LogP contribution in [0, 0.1) is 5.92 Å². The minimum Gasteiger partial charge on any atom is -0.383 e. The van der Waals surface area contributed by atoms with E-state index in [-0.39, 0.29) is 12.5 Å². The van der Waals surface area contributed by atoms with Gasteiger partial charge in [-0.2, -0.15) is 5.10 Å². The number of carbonyl (C=O) groups is 1. The number of hydrogen-bond donors (Lipinski definition) is 2. The van der Waals surface area contributed by atoms with Crippen molar-refractivity contribution in [1.82, 2.24) is 9.78 Å². The third-order valence-electron chi connectivity index (χ3n) is 2.00. The van der Waals surface area contributed by atoms with Crippen LogP contribution in [0.15, 0.2) is 12.4 Å². The van der Waals surface area contributed by atoms with Crippen molar-refractivity contribution in [3.05, 3.63) is 12.4 Å². The van der Waals surface area contributed by atoms with Gasteiger partial charge in [0.15, 0.2) is 0 Å². The Kier molecular flexibility index (Phi) is 4.15. The molecule has 0 aromatic carbocycles. The maximum absolute atomic E-state index is 10.6. The second-order valence-corrected chi connectivity index (χ2v) is 4.00. The summed E-state index contributed by atoms with van der Waals surface area (Å²) in [6.45, 7) is 5.40. The van der Waals surface area contributed by atoms with Gasteiger partial charge in [0.05, 0.1) is 11.9 Å². The Bertz CT molecular complexity index is 319. The first-order valence-electron chi connectivity index (χ1n) is 5.12. The highest BCUT2D eigenvalue weighted by Crippen LogP contribution is 2.06. The fourth-order valence-corrected chi connectivity index (χ4v) is 1.21. The summed E-state index contributed by atoms with van der Waals surface area (Å²) in [5.41, 5.74) is 5.98. The molecule has 0 aliphatic carbocycles. The predicted molar refractivity (Wildman–Crippen MR) is 59.4 cm³/mol. The largest absolute Gasteiger partial charge is 0.383 e. The summed E-state index contributed by atoms with van der Waals surface area (Å²) in [6.07, 6.45) is 4.59. The minimum absolute atomic E-state index is 0.131. The van der Waals surface area contributed by atoms with Crippen molar-refractivity contribution in [2.75, 3.05) is 11.9 Å². The van der Waals surface area contributed by atoms with E-state index in [2.05, 4.69) is 24.3 Å². The third-order valence-corrected chi connectivity index (χ3v) is 2.00. The standard InChI is InChI=1S/C10H18N4O/c1-8(2)3-4-12-9-5-13-14(6-9)7-10(11)15/h5-6,8,12H,3-4,7H2,1-2H3,(H2,11,15). The number of nitrogens with one attached hydrogen (secondary N) is 1. The normalized spacial score (nSPS) is 10.6. The average molecular weight is 210 g/mol. The van der Waals surface area contributed by atoms with Crippen molar-refractivity contribution in [2.24, 2.45) is 11.7 Å². The lowest BCUT2D eigenvalue weighted by Crippen LogP contribution is -2.18. The Morgan fingerprint density at radius 3 is 3.00 bits per heavy atom. The van der Waals surface area contributed by atoms with Gasteiger partial charge in [-0.05, 0) is 12.3 Å². The Balaban J connectivity index is 2.36. The van der Waals surface area contributed by atoms with Gasteiger partial charge in [0.2, 0.25) is 5.91 Å².